The molecule has 7 unspecified atom stereocenters. The van der Waals surface area contributed by atoms with Gasteiger partial charge < -0.3 is 33.5 Å². The molecule has 7 heteroatoms. The maximum Gasteiger partial charge on any atom is 0.119 e. The highest BCUT2D eigenvalue weighted by Gasteiger charge is 2.50. The maximum atomic E-state index is 11.6. The third-order valence-electron chi connectivity index (χ3n) is 18.7. The van der Waals surface area contributed by atoms with E-state index in [-0.39, 0.29) is 37.3 Å². The minimum Gasteiger partial charge on any atom is -0.491 e. The lowest BCUT2D eigenvalue weighted by atomic mass is 9.68. The Morgan fingerprint density at radius 2 is 0.821 bits per heavy atom. The van der Waals surface area contributed by atoms with Crippen molar-refractivity contribution in [2.75, 3.05) is 39.6 Å². The molecule has 0 radical (unpaired) electrons. The molecule has 0 bridgehead atoms. The van der Waals surface area contributed by atoms with Gasteiger partial charge in [0.25, 0.3) is 0 Å². The highest BCUT2D eigenvalue weighted by Crippen LogP contribution is 2.60. The summed E-state index contributed by atoms with van der Waals surface area (Å²) in [6, 6.07) is 84.3. The summed E-state index contributed by atoms with van der Waals surface area (Å²) in [5, 5.41) is 16.5. The van der Waals surface area contributed by atoms with Crippen LogP contribution < -0.4 is 9.47 Å². The fourth-order valence-electron chi connectivity index (χ4n) is 14.0. The minimum absolute atomic E-state index is 0.0753. The zero-order valence-corrected chi connectivity index (χ0v) is 48.4. The number of epoxide rings is 2. The minimum atomic E-state index is -0.872. The van der Waals surface area contributed by atoms with E-state index in [0.717, 1.165) is 42.9 Å². The fraction of sp³-hybridized carbons (Fsp3) is 0.273. The molecule has 4 aliphatic rings. The summed E-state index contributed by atoms with van der Waals surface area (Å²) in [5.74, 6) is 1.88. The second-order valence-electron chi connectivity index (χ2n) is 24.7. The highest BCUT2D eigenvalue weighted by molar-refractivity contribution is 5.92. The largest absolute Gasteiger partial charge is 0.491 e. The van der Waals surface area contributed by atoms with Crippen molar-refractivity contribution in [2.45, 2.75) is 92.7 Å². The normalized spacial score (nSPS) is 21.9. The lowest BCUT2D eigenvalue weighted by Gasteiger charge is -2.35. The van der Waals surface area contributed by atoms with Gasteiger partial charge in [-0.2, -0.15) is 0 Å². The molecule has 7 atom stereocenters. The molecule has 0 amide bonds. The van der Waals surface area contributed by atoms with E-state index in [4.69, 9.17) is 28.4 Å². The van der Waals surface area contributed by atoms with Crippen LogP contribution in [0.3, 0.4) is 0 Å². The third kappa shape index (κ3) is 10.1. The molecule has 84 heavy (non-hydrogen) atoms. The van der Waals surface area contributed by atoms with Gasteiger partial charge in [-0.3, -0.25) is 0 Å². The van der Waals surface area contributed by atoms with Gasteiger partial charge in [-0.05, 0) is 153 Å². The second-order valence-corrected chi connectivity index (χ2v) is 24.7. The van der Waals surface area contributed by atoms with Crippen molar-refractivity contribution in [3.63, 3.8) is 0 Å². The van der Waals surface area contributed by atoms with Gasteiger partial charge in [-0.25, -0.2) is 0 Å². The molecule has 422 valence electrons. The van der Waals surface area contributed by atoms with Gasteiger partial charge in [0.2, 0.25) is 0 Å². The number of aliphatic hydroxyl groups excluding tert-OH is 1. The maximum absolute atomic E-state index is 11.6. The summed E-state index contributed by atoms with van der Waals surface area (Å²) in [6.07, 6.45) is 1.22. The summed E-state index contributed by atoms with van der Waals surface area (Å²) in [6.45, 7) is 11.3. The molecule has 14 rings (SSSR count). The summed E-state index contributed by atoms with van der Waals surface area (Å²) in [7, 11) is 0. The van der Waals surface area contributed by atoms with Crippen LogP contribution in [0.5, 0.6) is 11.5 Å². The van der Waals surface area contributed by atoms with Gasteiger partial charge in [-0.15, -0.1) is 0 Å². The number of ether oxygens (including phenoxy) is 6. The Morgan fingerprint density at radius 3 is 1.27 bits per heavy atom. The number of aliphatic hydroxyl groups is 1. The molecule has 10 aromatic rings. The van der Waals surface area contributed by atoms with E-state index in [1.54, 1.807) is 0 Å². The second kappa shape index (κ2) is 21.9. The number of hydrogen-bond acceptors (Lipinski definition) is 7. The van der Waals surface area contributed by atoms with Crippen LogP contribution >= 0.6 is 0 Å². The van der Waals surface area contributed by atoms with Crippen molar-refractivity contribution in [3.8, 4) is 11.5 Å². The van der Waals surface area contributed by atoms with E-state index in [0.29, 0.717) is 19.0 Å². The Bertz CT molecular complexity index is 3940. The standard InChI is InChI=1S/C77H72O7/c1-74(2,55-25-29-57(30-26-55)77(60-35-39-63(40-36-60)80-47-64-48-81-64)44-71(52-17-9-6-10-18-52)69-42-24-54-20-12-14-22-67(54)73(69)77)83-46-61(78)45-79-62-37-33-59(34-38-62)76(58-31-27-56(28-32-58)75(3,4)84-50-65-49-82-65)43-70(51-15-7-5-8-16-51)68-41-23-53-19-11-13-21-66(53)72(68)76/h5-42,61,64-65,70-71,78H,43-50H2,1-4H3. The predicted octanol–water partition coefficient (Wildman–Crippen LogP) is 15.9. The van der Waals surface area contributed by atoms with Crippen molar-refractivity contribution in [1.29, 1.82) is 0 Å². The van der Waals surface area contributed by atoms with E-state index < -0.39 is 28.1 Å². The van der Waals surface area contributed by atoms with E-state index in [1.165, 1.54) is 77.2 Å². The smallest absolute Gasteiger partial charge is 0.119 e. The van der Waals surface area contributed by atoms with Crippen LogP contribution in [0.2, 0.25) is 0 Å². The van der Waals surface area contributed by atoms with Crippen molar-refractivity contribution >= 4 is 21.5 Å². The Labute approximate surface area is 493 Å². The van der Waals surface area contributed by atoms with Gasteiger partial charge in [-0.1, -0.05) is 206 Å². The first kappa shape index (κ1) is 54.1. The van der Waals surface area contributed by atoms with Gasteiger partial charge in [0.1, 0.15) is 43.0 Å². The van der Waals surface area contributed by atoms with Crippen LogP contribution in [0.25, 0.3) is 21.5 Å². The van der Waals surface area contributed by atoms with Crippen molar-refractivity contribution in [1.82, 2.24) is 0 Å². The molecule has 2 aliphatic heterocycles. The molecule has 0 aromatic heterocycles. The number of hydrogen-bond donors (Lipinski definition) is 1. The lowest BCUT2D eigenvalue weighted by molar-refractivity contribution is -0.0717. The van der Waals surface area contributed by atoms with Crippen LogP contribution in [0.15, 0.2) is 231 Å². The highest BCUT2D eigenvalue weighted by atomic mass is 16.6. The first-order chi connectivity index (χ1) is 41.0. The Hall–Kier alpha value is -7.88. The molecule has 1 N–H and O–H groups in total. The Kier molecular flexibility index (Phi) is 14.1. The average Bonchev–Trinajstić information content (AvgIpc) is 1.94. The third-order valence-corrected chi connectivity index (χ3v) is 18.7. The molecule has 0 spiro atoms. The van der Waals surface area contributed by atoms with Crippen molar-refractivity contribution in [3.05, 3.63) is 297 Å². The van der Waals surface area contributed by atoms with Crippen molar-refractivity contribution in [2.24, 2.45) is 0 Å². The van der Waals surface area contributed by atoms with Crippen LogP contribution in [0, 0.1) is 0 Å². The zero-order chi connectivity index (χ0) is 57.0. The van der Waals surface area contributed by atoms with Crippen molar-refractivity contribution < 1.29 is 33.5 Å². The topological polar surface area (TPSA) is 82.2 Å². The molecule has 2 fully saturated rings. The van der Waals surface area contributed by atoms with E-state index in [9.17, 15) is 5.11 Å². The van der Waals surface area contributed by atoms with E-state index >= 15 is 0 Å². The number of rotatable bonds is 20. The van der Waals surface area contributed by atoms with Crippen LogP contribution in [-0.2, 0) is 41.0 Å². The van der Waals surface area contributed by atoms with Crippen LogP contribution in [-0.4, -0.2) is 63.1 Å². The molecule has 0 saturated carbocycles. The first-order valence-corrected chi connectivity index (χ1v) is 30.0. The van der Waals surface area contributed by atoms with Gasteiger partial charge in [0.05, 0.1) is 37.6 Å². The zero-order valence-electron chi connectivity index (χ0n) is 48.4. The van der Waals surface area contributed by atoms with Crippen LogP contribution in [0.4, 0.5) is 0 Å². The molecule has 10 aromatic carbocycles. The first-order valence-electron chi connectivity index (χ1n) is 30.0. The number of fused-ring (bicyclic) bond motifs is 6. The number of benzene rings is 10. The molecular weight excluding hydrogens is 1040 g/mol. The monoisotopic (exact) mass is 1110 g/mol. The van der Waals surface area contributed by atoms with Crippen LogP contribution in [0.1, 0.15) is 119 Å². The average molecular weight is 1110 g/mol. The van der Waals surface area contributed by atoms with E-state index in [1.807, 2.05) is 0 Å². The summed E-state index contributed by atoms with van der Waals surface area (Å²) in [4.78, 5) is 0. The molecule has 2 aliphatic carbocycles. The Balaban J connectivity index is 0.721. The SMILES string of the molecule is CC(C)(OCC(O)COc1ccc(C2(c3ccc(C(C)(C)OCC4CO4)cc3)CC(c3ccccc3)c3ccc4ccccc4c32)cc1)c1ccc(C2(c3ccc(OCC4CO4)cc3)CC(c3ccccc3)c3ccc4ccccc4c32)cc1. The molecule has 2 saturated heterocycles. The van der Waals surface area contributed by atoms with Gasteiger partial charge in [0.15, 0.2) is 0 Å². The quantitative estimate of drug-likeness (QED) is 0.0762. The van der Waals surface area contributed by atoms with E-state index in [2.05, 4.69) is 258 Å². The summed E-state index contributed by atoms with van der Waals surface area (Å²) in [5.41, 5.74) is 12.8. The fourth-order valence-corrected chi connectivity index (χ4v) is 14.0. The molecule has 7 nitrogen and oxygen atoms in total. The lowest BCUT2D eigenvalue weighted by Crippen LogP contribution is -2.31. The predicted molar refractivity (Wildman–Crippen MR) is 334 cm³/mol. The Morgan fingerprint density at radius 1 is 0.429 bits per heavy atom. The molecular formula is C77H72O7. The van der Waals surface area contributed by atoms with Gasteiger partial charge in [0, 0.05) is 22.7 Å². The summed E-state index contributed by atoms with van der Waals surface area (Å²) >= 11 is 0. The van der Waals surface area contributed by atoms with Gasteiger partial charge >= 0.3 is 0 Å². The molecule has 2 heterocycles. The summed E-state index contributed by atoms with van der Waals surface area (Å²) < 4.78 is 36.6.